The number of amidine groups is 1. The van der Waals surface area contributed by atoms with Crippen LogP contribution in [0.1, 0.15) is 17.5 Å². The first kappa shape index (κ1) is 14.8. The van der Waals surface area contributed by atoms with E-state index in [0.29, 0.717) is 5.17 Å². The molecule has 1 atom stereocenters. The molecule has 2 N–H and O–H groups in total. The predicted molar refractivity (Wildman–Crippen MR) is 103 cm³/mol. The molecule has 0 radical (unpaired) electrons. The van der Waals surface area contributed by atoms with Crippen molar-refractivity contribution in [2.75, 3.05) is 6.54 Å². The van der Waals surface area contributed by atoms with E-state index in [4.69, 9.17) is 10.5 Å². The van der Waals surface area contributed by atoms with Gasteiger partial charge in [0.05, 0.1) is 4.75 Å². The predicted octanol–water partition coefficient (Wildman–Crippen LogP) is 4.85. The van der Waals surface area contributed by atoms with E-state index < -0.39 is 0 Å². The highest BCUT2D eigenvalue weighted by Crippen LogP contribution is 2.57. The van der Waals surface area contributed by atoms with Gasteiger partial charge in [-0.25, -0.2) is 0 Å². The molecule has 22 heavy (non-hydrogen) atoms. The number of rotatable bonds is 0. The van der Waals surface area contributed by atoms with E-state index in [2.05, 4.69) is 61.7 Å². The van der Waals surface area contributed by atoms with Crippen molar-refractivity contribution in [3.8, 4) is 11.5 Å². The maximum absolute atomic E-state index is 6.13. The number of aliphatic imine (C=N–C) groups is 1. The van der Waals surface area contributed by atoms with Crippen molar-refractivity contribution < 1.29 is 4.74 Å². The first-order valence-electron chi connectivity index (χ1n) is 6.85. The Bertz CT molecular complexity index is 757. The quantitative estimate of drug-likeness (QED) is 0.541. The zero-order valence-electron chi connectivity index (χ0n) is 11.5. The van der Waals surface area contributed by atoms with Gasteiger partial charge in [-0.1, -0.05) is 27.7 Å². The van der Waals surface area contributed by atoms with Crippen molar-refractivity contribution in [2.45, 2.75) is 11.2 Å². The highest BCUT2D eigenvalue weighted by atomic mass is 127. The number of halogens is 2. The molecule has 112 valence electrons. The van der Waals surface area contributed by atoms with Gasteiger partial charge in [-0.05, 0) is 65.4 Å². The van der Waals surface area contributed by atoms with E-state index in [1.807, 2.05) is 18.2 Å². The lowest BCUT2D eigenvalue weighted by atomic mass is 9.84. The monoisotopic (exact) mass is 486 g/mol. The summed E-state index contributed by atoms with van der Waals surface area (Å²) in [6.45, 7) is 0.732. The molecule has 6 heteroatoms. The lowest BCUT2D eigenvalue weighted by Crippen LogP contribution is -2.35. The van der Waals surface area contributed by atoms with E-state index in [0.717, 1.165) is 28.9 Å². The van der Waals surface area contributed by atoms with Crippen LogP contribution >= 0.6 is 50.3 Å². The minimum atomic E-state index is -0.223. The number of benzene rings is 2. The topological polar surface area (TPSA) is 47.6 Å². The normalized spacial score (nSPS) is 22.5. The number of hydrogen-bond donors (Lipinski definition) is 1. The second-order valence-electron chi connectivity index (χ2n) is 5.28. The third-order valence-electron chi connectivity index (χ3n) is 3.98. The maximum Gasteiger partial charge on any atom is 0.155 e. The summed E-state index contributed by atoms with van der Waals surface area (Å²) in [5, 5.41) is 0.642. The van der Waals surface area contributed by atoms with Gasteiger partial charge in [0.1, 0.15) is 11.5 Å². The summed E-state index contributed by atoms with van der Waals surface area (Å²) in [6.07, 6.45) is 0.915. The van der Waals surface area contributed by atoms with E-state index in [1.165, 1.54) is 14.7 Å². The van der Waals surface area contributed by atoms with Crippen molar-refractivity contribution >= 4 is 55.5 Å². The highest BCUT2D eigenvalue weighted by molar-refractivity contribution is 14.1. The molecule has 0 bridgehead atoms. The molecule has 2 heterocycles. The second kappa shape index (κ2) is 5.42. The van der Waals surface area contributed by atoms with Crippen LogP contribution in [0.5, 0.6) is 11.5 Å². The summed E-state index contributed by atoms with van der Waals surface area (Å²) in [4.78, 5) is 4.37. The molecule has 2 aliphatic heterocycles. The molecule has 3 nitrogen and oxygen atoms in total. The molecule has 0 fully saturated rings. The van der Waals surface area contributed by atoms with E-state index in [9.17, 15) is 0 Å². The van der Waals surface area contributed by atoms with E-state index in [-0.39, 0.29) is 4.75 Å². The lowest BCUT2D eigenvalue weighted by Gasteiger charge is -2.41. The summed E-state index contributed by atoms with van der Waals surface area (Å²) >= 11 is 7.56. The molecule has 0 aliphatic carbocycles. The third kappa shape index (κ3) is 2.27. The Morgan fingerprint density at radius 2 is 1.91 bits per heavy atom. The van der Waals surface area contributed by atoms with Gasteiger partial charge in [0.25, 0.3) is 0 Å². The Hall–Kier alpha value is -0.730. The summed E-state index contributed by atoms with van der Waals surface area (Å²) < 4.78 is 8.15. The molecule has 4 rings (SSSR count). The minimum Gasteiger partial charge on any atom is -0.457 e. The van der Waals surface area contributed by atoms with Crippen LogP contribution in [0.4, 0.5) is 0 Å². The second-order valence-corrected chi connectivity index (χ2v) is 8.76. The molecule has 2 aromatic carbocycles. The van der Waals surface area contributed by atoms with Crippen LogP contribution in [0.2, 0.25) is 0 Å². The Kier molecular flexibility index (Phi) is 3.65. The number of nitrogens with zero attached hydrogens (tertiary/aromatic N) is 1. The van der Waals surface area contributed by atoms with Gasteiger partial charge in [-0.2, -0.15) is 0 Å². The van der Waals surface area contributed by atoms with Gasteiger partial charge < -0.3 is 10.5 Å². The fraction of sp³-hybridized carbons (Fsp3) is 0.188. The molecule has 2 aliphatic rings. The zero-order valence-corrected chi connectivity index (χ0v) is 16.0. The fourth-order valence-electron chi connectivity index (χ4n) is 3.04. The van der Waals surface area contributed by atoms with Crippen LogP contribution in [0.25, 0.3) is 0 Å². The number of thioether (sulfide) groups is 1. The Morgan fingerprint density at radius 3 is 2.68 bits per heavy atom. The van der Waals surface area contributed by atoms with Crippen LogP contribution in [-0.2, 0) is 4.75 Å². The average molecular weight is 487 g/mol. The van der Waals surface area contributed by atoms with Gasteiger partial charge in [-0.15, -0.1) is 0 Å². The molecule has 0 saturated carbocycles. The van der Waals surface area contributed by atoms with Crippen molar-refractivity contribution in [2.24, 2.45) is 10.7 Å². The maximum atomic E-state index is 6.13. The summed E-state index contributed by atoms with van der Waals surface area (Å²) in [5.74, 6) is 1.82. The van der Waals surface area contributed by atoms with Crippen LogP contribution in [-0.4, -0.2) is 11.7 Å². The van der Waals surface area contributed by atoms with Gasteiger partial charge in [0, 0.05) is 25.7 Å². The smallest absolute Gasteiger partial charge is 0.155 e. The largest absolute Gasteiger partial charge is 0.457 e. The van der Waals surface area contributed by atoms with Crippen LogP contribution < -0.4 is 10.5 Å². The van der Waals surface area contributed by atoms with Crippen molar-refractivity contribution in [1.82, 2.24) is 0 Å². The Morgan fingerprint density at radius 1 is 1.18 bits per heavy atom. The minimum absolute atomic E-state index is 0.223. The number of hydrogen-bond acceptors (Lipinski definition) is 4. The first-order chi connectivity index (χ1) is 10.6. The third-order valence-corrected chi connectivity index (χ3v) is 6.48. The molecule has 0 aromatic heterocycles. The molecule has 1 unspecified atom stereocenters. The standard InChI is InChI=1S/C16H12BrIN2OS/c17-9-1-3-13-11(7-9)16(5-6-20-15(19)22-16)12-8-10(18)2-4-14(12)21-13/h1-4,7-8H,5-6H2,(H2,19,20). The van der Waals surface area contributed by atoms with Crippen LogP contribution in [0, 0.1) is 3.57 Å². The van der Waals surface area contributed by atoms with E-state index >= 15 is 0 Å². The molecule has 0 amide bonds. The van der Waals surface area contributed by atoms with Crippen molar-refractivity contribution in [1.29, 1.82) is 0 Å². The summed E-state index contributed by atoms with van der Waals surface area (Å²) in [7, 11) is 0. The zero-order chi connectivity index (χ0) is 15.3. The van der Waals surface area contributed by atoms with Crippen molar-refractivity contribution in [3.05, 3.63) is 55.6 Å². The van der Waals surface area contributed by atoms with Crippen LogP contribution in [0.15, 0.2) is 45.9 Å². The van der Waals surface area contributed by atoms with Gasteiger partial charge in [0.15, 0.2) is 5.17 Å². The fourth-order valence-corrected chi connectivity index (χ4v) is 5.14. The van der Waals surface area contributed by atoms with Crippen molar-refractivity contribution in [3.63, 3.8) is 0 Å². The molecule has 1 spiro atoms. The SMILES string of the molecule is NC1=NCCC2(S1)c1cc(Br)ccc1Oc1ccc(I)cc12. The summed E-state index contributed by atoms with van der Waals surface area (Å²) in [6, 6.07) is 12.5. The number of ether oxygens (including phenoxy) is 1. The van der Waals surface area contributed by atoms with Gasteiger partial charge in [-0.3, -0.25) is 4.99 Å². The Labute approximate surface area is 155 Å². The Balaban J connectivity index is 2.01. The van der Waals surface area contributed by atoms with Gasteiger partial charge >= 0.3 is 0 Å². The highest BCUT2D eigenvalue weighted by Gasteiger charge is 2.45. The summed E-state index contributed by atoms with van der Waals surface area (Å²) in [5.41, 5.74) is 8.44. The first-order valence-corrected chi connectivity index (χ1v) is 9.54. The molecular weight excluding hydrogens is 475 g/mol. The average Bonchev–Trinajstić information content (AvgIpc) is 2.49. The molecule has 2 aromatic rings. The molecule has 0 saturated heterocycles. The van der Waals surface area contributed by atoms with Gasteiger partial charge in [0.2, 0.25) is 0 Å². The lowest BCUT2D eigenvalue weighted by molar-refractivity contribution is 0.431. The molecular formula is C16H12BrIN2OS. The van der Waals surface area contributed by atoms with E-state index in [1.54, 1.807) is 11.8 Å². The number of nitrogens with two attached hydrogens (primary N) is 1. The van der Waals surface area contributed by atoms with Crippen LogP contribution in [0.3, 0.4) is 0 Å². The number of fused-ring (bicyclic) bond motifs is 4.